The fraction of sp³-hybridized carbons (Fsp3) is 0.480. The van der Waals surface area contributed by atoms with Crippen LogP contribution in [0.25, 0.3) is 0 Å². The maximum atomic E-state index is 12.9. The molecule has 6 heteroatoms. The molecule has 2 aromatic carbocycles. The van der Waals surface area contributed by atoms with E-state index < -0.39 is 0 Å². The number of nitrogens with zero attached hydrogens (tertiary/aromatic N) is 2. The van der Waals surface area contributed by atoms with Crippen LogP contribution in [0.4, 0.5) is 4.39 Å². The van der Waals surface area contributed by atoms with Crippen LogP contribution < -0.4 is 10.1 Å². The Kier molecular flexibility index (Phi) is 7.54. The summed E-state index contributed by atoms with van der Waals surface area (Å²) in [6.45, 7) is 5.11. The molecule has 0 unspecified atom stereocenters. The van der Waals surface area contributed by atoms with E-state index in [1.54, 1.807) is 12.1 Å². The summed E-state index contributed by atoms with van der Waals surface area (Å²) in [5.41, 5.74) is 1.33. The van der Waals surface area contributed by atoms with Crippen LogP contribution in [-0.2, 0) is 11.3 Å². The zero-order valence-corrected chi connectivity index (χ0v) is 18.0. The zero-order chi connectivity index (χ0) is 21.5. The number of likely N-dealkylation sites (tertiary alicyclic amines) is 2. The third-order valence-electron chi connectivity index (χ3n) is 6.28. The number of carbonyl (C=O) groups is 1. The first-order chi connectivity index (χ1) is 15.2. The Hall–Kier alpha value is -2.44. The minimum atomic E-state index is -0.258. The lowest BCUT2D eigenvalue weighted by molar-refractivity contribution is -0.131. The van der Waals surface area contributed by atoms with E-state index in [1.807, 2.05) is 6.07 Å². The number of amides is 1. The highest BCUT2D eigenvalue weighted by Gasteiger charge is 2.38. The molecule has 4 rings (SSSR count). The summed E-state index contributed by atoms with van der Waals surface area (Å²) in [5, 5.41) is 3.41. The van der Waals surface area contributed by atoms with Crippen LogP contribution in [0.3, 0.4) is 0 Å². The fourth-order valence-corrected chi connectivity index (χ4v) is 4.74. The number of hydrogen-bond donors (Lipinski definition) is 1. The highest BCUT2D eigenvalue weighted by Crippen LogP contribution is 2.28. The summed E-state index contributed by atoms with van der Waals surface area (Å²) in [5.74, 6) is 0.736. The van der Waals surface area contributed by atoms with Crippen LogP contribution in [-0.4, -0.2) is 60.6 Å². The number of nitrogens with one attached hydrogen (secondary N) is 1. The van der Waals surface area contributed by atoms with Crippen LogP contribution in [0.1, 0.15) is 31.2 Å². The van der Waals surface area contributed by atoms with Crippen LogP contribution >= 0.6 is 0 Å². The van der Waals surface area contributed by atoms with Gasteiger partial charge in [-0.3, -0.25) is 9.69 Å². The molecule has 0 spiro atoms. The Balaban J connectivity index is 1.17. The highest BCUT2D eigenvalue weighted by atomic mass is 19.1. The van der Waals surface area contributed by atoms with Crippen molar-refractivity contribution in [2.75, 3.05) is 32.8 Å². The summed E-state index contributed by atoms with van der Waals surface area (Å²) in [4.78, 5) is 17.2. The second kappa shape index (κ2) is 10.7. The molecule has 0 radical (unpaired) electrons. The van der Waals surface area contributed by atoms with Crippen LogP contribution in [0.15, 0.2) is 54.6 Å². The lowest BCUT2D eigenvalue weighted by Crippen LogP contribution is -2.44. The summed E-state index contributed by atoms with van der Waals surface area (Å²) in [6, 6.07) is 17.3. The molecule has 2 aliphatic heterocycles. The summed E-state index contributed by atoms with van der Waals surface area (Å²) in [6.07, 6.45) is 3.67. The van der Waals surface area contributed by atoms with E-state index in [-0.39, 0.29) is 5.82 Å². The van der Waals surface area contributed by atoms with Gasteiger partial charge >= 0.3 is 0 Å². The molecule has 0 aromatic heterocycles. The van der Waals surface area contributed by atoms with Crippen molar-refractivity contribution >= 4 is 5.91 Å². The molecule has 2 heterocycles. The van der Waals surface area contributed by atoms with Gasteiger partial charge in [-0.05, 0) is 55.6 Å². The first-order valence-electron chi connectivity index (χ1n) is 11.4. The van der Waals surface area contributed by atoms with E-state index in [1.165, 1.54) is 17.7 Å². The van der Waals surface area contributed by atoms with E-state index in [0.29, 0.717) is 36.8 Å². The standard InChI is InChI=1S/C25H32FN3O2/c26-21-6-9-24(10-7-21)31-17-15-27-14-12-22-8-11-25(30)29(22)23-13-16-28(19-23)18-20-4-2-1-3-5-20/h1-7,9-10,22-23,27H,8,11-19H2/t22-,23+/m0/s1. The first-order valence-corrected chi connectivity index (χ1v) is 11.4. The van der Waals surface area contributed by atoms with Crippen molar-refractivity contribution in [2.45, 2.75) is 44.3 Å². The Morgan fingerprint density at radius 1 is 1.03 bits per heavy atom. The Morgan fingerprint density at radius 3 is 2.65 bits per heavy atom. The van der Waals surface area contributed by atoms with Gasteiger partial charge in [0.05, 0.1) is 0 Å². The summed E-state index contributed by atoms with van der Waals surface area (Å²) in [7, 11) is 0. The number of hydrogen-bond acceptors (Lipinski definition) is 4. The molecule has 2 aliphatic rings. The number of carbonyl (C=O) groups excluding carboxylic acids is 1. The lowest BCUT2D eigenvalue weighted by Gasteiger charge is -2.31. The second-order valence-corrected chi connectivity index (χ2v) is 8.50. The van der Waals surface area contributed by atoms with Gasteiger partial charge in [-0.2, -0.15) is 0 Å². The topological polar surface area (TPSA) is 44.8 Å². The van der Waals surface area contributed by atoms with Gasteiger partial charge in [-0.25, -0.2) is 4.39 Å². The Bertz CT molecular complexity index is 830. The van der Waals surface area contributed by atoms with Crippen molar-refractivity contribution in [1.29, 1.82) is 0 Å². The summed E-state index contributed by atoms with van der Waals surface area (Å²) < 4.78 is 18.5. The first kappa shape index (κ1) is 21.8. The smallest absolute Gasteiger partial charge is 0.223 e. The van der Waals surface area contributed by atoms with E-state index >= 15 is 0 Å². The minimum absolute atomic E-state index is 0.258. The van der Waals surface area contributed by atoms with E-state index in [4.69, 9.17) is 4.74 Å². The highest BCUT2D eigenvalue weighted by molar-refractivity contribution is 5.79. The van der Waals surface area contributed by atoms with Crippen molar-refractivity contribution in [3.8, 4) is 5.75 Å². The van der Waals surface area contributed by atoms with E-state index in [9.17, 15) is 9.18 Å². The quantitative estimate of drug-likeness (QED) is 0.593. The van der Waals surface area contributed by atoms with Crippen LogP contribution in [0.2, 0.25) is 0 Å². The predicted molar refractivity (Wildman–Crippen MR) is 119 cm³/mol. The predicted octanol–water partition coefficient (Wildman–Crippen LogP) is 3.45. The van der Waals surface area contributed by atoms with Crippen molar-refractivity contribution in [3.63, 3.8) is 0 Å². The molecule has 31 heavy (non-hydrogen) atoms. The van der Waals surface area contributed by atoms with Crippen LogP contribution in [0, 0.1) is 5.82 Å². The maximum absolute atomic E-state index is 12.9. The van der Waals surface area contributed by atoms with Crippen LogP contribution in [0.5, 0.6) is 5.75 Å². The molecular weight excluding hydrogens is 393 g/mol. The molecule has 2 saturated heterocycles. The SMILES string of the molecule is O=C1CC[C@@H](CCNCCOc2ccc(F)cc2)N1[C@@H]1CCN(Cc2ccccc2)C1. The number of rotatable bonds is 10. The molecule has 1 amide bonds. The van der Waals surface area contributed by atoms with Gasteiger partial charge in [-0.15, -0.1) is 0 Å². The van der Waals surface area contributed by atoms with Crippen molar-refractivity contribution in [2.24, 2.45) is 0 Å². The lowest BCUT2D eigenvalue weighted by atomic mass is 10.1. The van der Waals surface area contributed by atoms with Gasteiger partial charge < -0.3 is 15.0 Å². The molecule has 166 valence electrons. The Labute approximate surface area is 184 Å². The molecule has 2 aromatic rings. The average Bonchev–Trinajstić information content (AvgIpc) is 3.38. The van der Waals surface area contributed by atoms with Crippen molar-refractivity contribution < 1.29 is 13.9 Å². The fourth-order valence-electron chi connectivity index (χ4n) is 4.74. The average molecular weight is 426 g/mol. The van der Waals surface area contributed by atoms with Gasteiger partial charge in [0.2, 0.25) is 5.91 Å². The molecule has 0 aliphatic carbocycles. The maximum Gasteiger partial charge on any atom is 0.223 e. The number of ether oxygens (including phenoxy) is 1. The van der Waals surface area contributed by atoms with Crippen molar-refractivity contribution in [1.82, 2.24) is 15.1 Å². The van der Waals surface area contributed by atoms with Gasteiger partial charge in [0, 0.05) is 44.7 Å². The molecule has 2 fully saturated rings. The van der Waals surface area contributed by atoms with E-state index in [0.717, 1.165) is 52.0 Å². The minimum Gasteiger partial charge on any atom is -0.492 e. The summed E-state index contributed by atoms with van der Waals surface area (Å²) >= 11 is 0. The third-order valence-corrected chi connectivity index (χ3v) is 6.28. The molecule has 5 nitrogen and oxygen atoms in total. The number of benzene rings is 2. The van der Waals surface area contributed by atoms with Gasteiger partial charge in [-0.1, -0.05) is 30.3 Å². The van der Waals surface area contributed by atoms with E-state index in [2.05, 4.69) is 39.4 Å². The second-order valence-electron chi connectivity index (χ2n) is 8.50. The molecule has 1 N–H and O–H groups in total. The van der Waals surface area contributed by atoms with Gasteiger partial charge in [0.25, 0.3) is 0 Å². The normalized spacial score (nSPS) is 21.7. The molecular formula is C25H32FN3O2. The third kappa shape index (κ3) is 6.05. The monoisotopic (exact) mass is 425 g/mol. The number of halogens is 1. The van der Waals surface area contributed by atoms with Gasteiger partial charge in [0.1, 0.15) is 18.2 Å². The Morgan fingerprint density at radius 2 is 1.84 bits per heavy atom. The van der Waals surface area contributed by atoms with Crippen molar-refractivity contribution in [3.05, 3.63) is 66.0 Å². The molecule has 0 bridgehead atoms. The zero-order valence-electron chi connectivity index (χ0n) is 18.0. The molecule has 2 atom stereocenters. The van der Waals surface area contributed by atoms with Gasteiger partial charge in [0.15, 0.2) is 0 Å². The largest absolute Gasteiger partial charge is 0.492 e. The molecule has 0 saturated carbocycles.